The van der Waals surface area contributed by atoms with E-state index < -0.39 is 18.4 Å². The summed E-state index contributed by atoms with van der Waals surface area (Å²) in [6, 6.07) is 0. The number of quaternary nitrogens is 1. The molecule has 0 saturated carbocycles. The molecule has 0 fully saturated rings. The second-order valence-corrected chi connectivity index (χ2v) is 27.6. The summed E-state index contributed by atoms with van der Waals surface area (Å²) in [4.78, 5) is 37.7. The Morgan fingerprint density at radius 1 is 0.333 bits per heavy atom. The Balaban J connectivity index is 4.02. The molecule has 0 aliphatic heterocycles. The van der Waals surface area contributed by atoms with Gasteiger partial charge in [0.05, 0.1) is 34.4 Å². The molecule has 0 heterocycles. The Morgan fingerprint density at radius 2 is 0.613 bits per heavy atom. The highest BCUT2D eigenvalue weighted by Gasteiger charge is 2.25. The second-order valence-electron chi connectivity index (χ2n) is 27.6. The fraction of sp³-hybridized carbons (Fsp3) is 0.774. The molecule has 0 bridgehead atoms. The van der Waals surface area contributed by atoms with Crippen molar-refractivity contribution in [3.05, 3.63) is 97.2 Å². The molecule has 0 rings (SSSR count). The summed E-state index contributed by atoms with van der Waals surface area (Å²) in [5.74, 6) is -1.98. The van der Waals surface area contributed by atoms with Crippen LogP contribution in [0, 0.1) is 0 Å². The SMILES string of the molecule is CC/C=C\C/C=C\C/C=C\C/C=C\C/C=C\C/C=C\CCCCCCCCCCCCCCCCCCCCC(=O)OC(COC(=O)CCCCCCCCCCCCCCCCCCCCC/C=C\C/C=C\CCCCCCC)COC(OCC[N+](C)(C)C)C(=O)O. The fourth-order valence-corrected chi connectivity index (χ4v) is 11.3. The molecule has 1 N–H and O–H groups in total. The lowest BCUT2D eigenvalue weighted by Gasteiger charge is -2.25. The Kier molecular flexibility index (Phi) is 71.0. The van der Waals surface area contributed by atoms with Crippen LogP contribution >= 0.6 is 0 Å². The molecule has 0 aliphatic rings. The van der Waals surface area contributed by atoms with Gasteiger partial charge in [0.15, 0.2) is 6.10 Å². The van der Waals surface area contributed by atoms with E-state index in [2.05, 4.69) is 111 Å². The number of carbonyl (C=O) groups is 3. The second kappa shape index (κ2) is 74.0. The molecule has 0 aliphatic carbocycles. The van der Waals surface area contributed by atoms with Crippen molar-refractivity contribution in [2.45, 2.75) is 373 Å². The number of carboxylic acids is 1. The van der Waals surface area contributed by atoms with E-state index in [1.807, 2.05) is 21.1 Å². The van der Waals surface area contributed by atoms with Gasteiger partial charge in [0.25, 0.3) is 6.29 Å². The van der Waals surface area contributed by atoms with Crippen LogP contribution in [0.4, 0.5) is 0 Å². The molecule has 2 atom stereocenters. The molecule has 538 valence electrons. The van der Waals surface area contributed by atoms with Crippen molar-refractivity contribution >= 4 is 17.9 Å². The topological polar surface area (TPSA) is 108 Å². The van der Waals surface area contributed by atoms with Crippen LogP contribution in [0.25, 0.3) is 0 Å². The van der Waals surface area contributed by atoms with Crippen LogP contribution in [0.3, 0.4) is 0 Å². The minimum atomic E-state index is -1.51. The van der Waals surface area contributed by atoms with Crippen LogP contribution in [-0.2, 0) is 33.3 Å². The number of allylic oxidation sites excluding steroid dienone is 16. The predicted octanol–water partition coefficient (Wildman–Crippen LogP) is 25.1. The van der Waals surface area contributed by atoms with Crippen molar-refractivity contribution in [2.24, 2.45) is 0 Å². The van der Waals surface area contributed by atoms with Crippen LogP contribution in [0.15, 0.2) is 97.2 Å². The summed E-state index contributed by atoms with van der Waals surface area (Å²) < 4.78 is 23.1. The van der Waals surface area contributed by atoms with Crippen LogP contribution in [0.1, 0.15) is 361 Å². The van der Waals surface area contributed by atoms with Gasteiger partial charge in [-0.3, -0.25) is 9.59 Å². The Morgan fingerprint density at radius 3 is 0.914 bits per heavy atom. The third-order valence-corrected chi connectivity index (χ3v) is 17.3. The first-order chi connectivity index (χ1) is 45.6. The van der Waals surface area contributed by atoms with E-state index in [0.29, 0.717) is 17.4 Å². The van der Waals surface area contributed by atoms with E-state index in [1.165, 1.54) is 250 Å². The number of hydrogen-bond donors (Lipinski definition) is 1. The van der Waals surface area contributed by atoms with E-state index in [0.717, 1.165) is 83.5 Å². The van der Waals surface area contributed by atoms with E-state index in [-0.39, 0.29) is 38.2 Å². The fourth-order valence-electron chi connectivity index (χ4n) is 11.3. The number of likely N-dealkylation sites (N-methyl/N-ethyl adjacent to an activating group) is 1. The number of carboxylic acid groups (broad SMARTS) is 1. The summed E-state index contributed by atoms with van der Waals surface area (Å²) in [6.45, 7) is 4.80. The van der Waals surface area contributed by atoms with Crippen molar-refractivity contribution in [1.82, 2.24) is 0 Å². The molecule has 93 heavy (non-hydrogen) atoms. The van der Waals surface area contributed by atoms with Gasteiger partial charge in [-0.2, -0.15) is 0 Å². The molecule has 0 aromatic rings. The number of ether oxygens (including phenoxy) is 4. The molecule has 0 amide bonds. The summed E-state index contributed by atoms with van der Waals surface area (Å²) in [7, 11) is 5.99. The van der Waals surface area contributed by atoms with Crippen molar-refractivity contribution in [3.8, 4) is 0 Å². The zero-order valence-corrected chi connectivity index (χ0v) is 61.7. The molecule has 0 saturated heterocycles. The van der Waals surface area contributed by atoms with Gasteiger partial charge in [0.1, 0.15) is 13.2 Å². The van der Waals surface area contributed by atoms with Crippen LogP contribution in [0.2, 0.25) is 0 Å². The molecular formula is C84H150NO8+. The van der Waals surface area contributed by atoms with E-state index in [9.17, 15) is 19.5 Å². The number of hydrogen-bond acceptors (Lipinski definition) is 7. The third kappa shape index (κ3) is 75.5. The maximum absolute atomic E-state index is 13.0. The monoisotopic (exact) mass is 1300 g/mol. The molecule has 0 radical (unpaired) electrons. The van der Waals surface area contributed by atoms with Gasteiger partial charge in [-0.25, -0.2) is 4.79 Å². The summed E-state index contributed by atoms with van der Waals surface area (Å²) in [6.07, 6.45) is 99.8. The highest BCUT2D eigenvalue weighted by atomic mass is 16.7. The van der Waals surface area contributed by atoms with Gasteiger partial charge >= 0.3 is 17.9 Å². The summed E-state index contributed by atoms with van der Waals surface area (Å²) in [5.41, 5.74) is 0. The predicted molar refractivity (Wildman–Crippen MR) is 401 cm³/mol. The molecule has 2 unspecified atom stereocenters. The first-order valence-corrected chi connectivity index (χ1v) is 39.4. The molecular weight excluding hydrogens is 1150 g/mol. The maximum Gasteiger partial charge on any atom is 0.361 e. The largest absolute Gasteiger partial charge is 0.477 e. The first kappa shape index (κ1) is 89.2. The first-order valence-electron chi connectivity index (χ1n) is 39.4. The van der Waals surface area contributed by atoms with Crippen molar-refractivity contribution in [1.29, 1.82) is 0 Å². The van der Waals surface area contributed by atoms with Crippen molar-refractivity contribution < 1.29 is 42.9 Å². The smallest absolute Gasteiger partial charge is 0.361 e. The average molecular weight is 1300 g/mol. The highest BCUT2D eigenvalue weighted by Crippen LogP contribution is 2.19. The molecule has 0 aromatic carbocycles. The number of esters is 2. The lowest BCUT2D eigenvalue weighted by atomic mass is 10.0. The molecule has 0 aromatic heterocycles. The van der Waals surface area contributed by atoms with Gasteiger partial charge in [0.2, 0.25) is 0 Å². The maximum atomic E-state index is 13.0. The summed E-state index contributed by atoms with van der Waals surface area (Å²) in [5, 5.41) is 9.77. The minimum absolute atomic E-state index is 0.180. The van der Waals surface area contributed by atoms with Crippen LogP contribution in [0.5, 0.6) is 0 Å². The number of rotatable bonds is 73. The van der Waals surface area contributed by atoms with E-state index >= 15 is 0 Å². The minimum Gasteiger partial charge on any atom is -0.477 e. The number of unbranched alkanes of at least 4 members (excludes halogenated alkanes) is 42. The van der Waals surface area contributed by atoms with Gasteiger partial charge < -0.3 is 28.5 Å². The highest BCUT2D eigenvalue weighted by molar-refractivity contribution is 5.71. The van der Waals surface area contributed by atoms with Gasteiger partial charge in [-0.1, -0.05) is 349 Å². The quantitative estimate of drug-likeness (QED) is 0.0211. The Bertz CT molecular complexity index is 1850. The van der Waals surface area contributed by atoms with Crippen LogP contribution < -0.4 is 0 Å². The molecule has 9 nitrogen and oxygen atoms in total. The lowest BCUT2D eigenvalue weighted by Crippen LogP contribution is -2.40. The lowest BCUT2D eigenvalue weighted by molar-refractivity contribution is -0.870. The zero-order chi connectivity index (χ0) is 67.5. The molecule has 0 spiro atoms. The Hall–Kier alpha value is -3.79. The van der Waals surface area contributed by atoms with Gasteiger partial charge in [-0.05, 0) is 96.3 Å². The normalized spacial score (nSPS) is 13.2. The molecule has 9 heteroatoms. The average Bonchev–Trinajstić information content (AvgIpc) is 3.73. The number of aliphatic carboxylic acids is 1. The van der Waals surface area contributed by atoms with Gasteiger partial charge in [0, 0.05) is 12.8 Å². The Labute approximate surface area is 575 Å². The van der Waals surface area contributed by atoms with E-state index in [1.54, 1.807) is 0 Å². The van der Waals surface area contributed by atoms with Crippen molar-refractivity contribution in [2.75, 3.05) is 47.5 Å². The summed E-state index contributed by atoms with van der Waals surface area (Å²) >= 11 is 0. The van der Waals surface area contributed by atoms with Crippen molar-refractivity contribution in [3.63, 3.8) is 0 Å². The number of carbonyl (C=O) groups excluding carboxylic acids is 2. The zero-order valence-electron chi connectivity index (χ0n) is 61.7. The van der Waals surface area contributed by atoms with Crippen LogP contribution in [-0.4, -0.2) is 87.4 Å². The van der Waals surface area contributed by atoms with Gasteiger partial charge in [-0.15, -0.1) is 0 Å². The standard InChI is InChI=1S/C84H149NO8/c1-6-8-10-12-14-16-18-20-22-24-26-28-30-32-34-36-38-39-40-41-42-43-45-47-49-51-53-55-57-59-61-63-65-67-69-71-73-75-82(87)93-80(79-92-84(83(88)89)90-77-76-85(3,4)5)78-91-81(86)74-72-70-68-66-64-62-60-58-56-54-52-50-48-46-44-37-35-33-31-29-27-25-23-21-19-17-15-13-11-9-7-2/h8,10,14,16,19-22,25-28,32,34,38-39,80,84H,6-7,9,11-13,15,17-18,23-24,29-31,33,35-37,40-79H2,1-5H3/p+1/b10-8-,16-14-,21-19-,22-20-,27-25-,28-26-,34-32-,39-38-. The third-order valence-electron chi connectivity index (χ3n) is 17.3. The van der Waals surface area contributed by atoms with E-state index in [4.69, 9.17) is 18.9 Å². The number of nitrogens with zero attached hydrogens (tertiary/aromatic N) is 1.